The molecule has 0 aromatic heterocycles. The lowest BCUT2D eigenvalue weighted by Gasteiger charge is -2.17. The smallest absolute Gasteiger partial charge is 0.276 e. The summed E-state index contributed by atoms with van der Waals surface area (Å²) in [6.45, 7) is 3.94. The zero-order valence-electron chi connectivity index (χ0n) is 19.3. The van der Waals surface area contributed by atoms with Crippen molar-refractivity contribution in [2.45, 2.75) is 0 Å². The summed E-state index contributed by atoms with van der Waals surface area (Å²) >= 11 is 3.37. The molecule has 0 saturated carbocycles. The molecule has 0 fully saturated rings. The highest BCUT2D eigenvalue weighted by molar-refractivity contribution is 9.10. The van der Waals surface area contributed by atoms with Gasteiger partial charge in [0.15, 0.2) is 17.2 Å². The van der Waals surface area contributed by atoms with Gasteiger partial charge in [-0.3, -0.25) is 14.4 Å². The molecule has 0 spiro atoms. The molecular weight excluding hydrogens is 528 g/mol. The molecule has 36 heavy (non-hydrogen) atoms. The Morgan fingerprint density at radius 1 is 1.00 bits per heavy atom. The van der Waals surface area contributed by atoms with E-state index in [1.165, 1.54) is 14.2 Å². The van der Waals surface area contributed by atoms with Crippen LogP contribution < -0.4 is 25.5 Å². The normalized spacial score (nSPS) is 13.0. The van der Waals surface area contributed by atoms with E-state index in [0.717, 1.165) is 4.47 Å². The van der Waals surface area contributed by atoms with Gasteiger partial charge in [0.25, 0.3) is 17.7 Å². The van der Waals surface area contributed by atoms with Crippen LogP contribution in [0.1, 0.15) is 31.8 Å². The first-order valence-electron chi connectivity index (χ1n) is 10.6. The quantitative estimate of drug-likeness (QED) is 0.386. The topological polar surface area (TPSA) is 118 Å². The third-order valence-corrected chi connectivity index (χ3v) is 5.86. The van der Waals surface area contributed by atoms with Gasteiger partial charge in [-0.1, -0.05) is 40.7 Å². The number of anilines is 1. The van der Waals surface area contributed by atoms with Crippen LogP contribution in [-0.4, -0.2) is 37.7 Å². The van der Waals surface area contributed by atoms with E-state index >= 15 is 0 Å². The number of hydrazone groups is 1. The van der Waals surface area contributed by atoms with Crippen molar-refractivity contribution in [3.63, 3.8) is 0 Å². The van der Waals surface area contributed by atoms with E-state index in [4.69, 9.17) is 9.47 Å². The number of fused-ring (bicyclic) bond motifs is 1. The maximum absolute atomic E-state index is 13.4. The Balaban J connectivity index is 1.68. The van der Waals surface area contributed by atoms with E-state index in [-0.39, 0.29) is 34.0 Å². The van der Waals surface area contributed by atoms with Gasteiger partial charge in [0.2, 0.25) is 0 Å². The van der Waals surface area contributed by atoms with Crippen molar-refractivity contribution in [1.29, 1.82) is 0 Å². The minimum atomic E-state index is -0.695. The Bertz CT molecular complexity index is 1420. The first-order chi connectivity index (χ1) is 17.3. The molecule has 1 heterocycles. The van der Waals surface area contributed by atoms with Crippen molar-refractivity contribution in [2.75, 3.05) is 19.5 Å². The van der Waals surface area contributed by atoms with Crippen LogP contribution in [0.15, 0.2) is 76.8 Å². The maximum atomic E-state index is 13.4. The van der Waals surface area contributed by atoms with E-state index in [1.807, 2.05) is 0 Å². The molecule has 3 aromatic carbocycles. The average molecular weight is 549 g/mol. The molecule has 0 atom stereocenters. The number of nitrogens with zero attached hydrogens (tertiary/aromatic N) is 1. The van der Waals surface area contributed by atoms with Gasteiger partial charge in [-0.2, -0.15) is 5.10 Å². The molecule has 1 aliphatic heterocycles. The van der Waals surface area contributed by atoms with E-state index in [1.54, 1.807) is 60.7 Å². The number of methoxy groups -OCH3 is 2. The van der Waals surface area contributed by atoms with Gasteiger partial charge in [0, 0.05) is 26.9 Å². The summed E-state index contributed by atoms with van der Waals surface area (Å²) in [6.07, 6.45) is 0. The number of nitrogens with one attached hydrogen (secondary N) is 3. The van der Waals surface area contributed by atoms with Gasteiger partial charge in [0.1, 0.15) is 0 Å². The Hall–Kier alpha value is -4.44. The monoisotopic (exact) mass is 548 g/mol. The Morgan fingerprint density at radius 3 is 2.44 bits per heavy atom. The fraction of sp³-hybridized carbons (Fsp3) is 0.0769. The fourth-order valence-corrected chi connectivity index (χ4v) is 4.03. The van der Waals surface area contributed by atoms with Crippen LogP contribution in [0.25, 0.3) is 5.70 Å². The van der Waals surface area contributed by atoms with Crippen molar-refractivity contribution in [3.05, 3.63) is 94.0 Å². The zero-order chi connectivity index (χ0) is 25.8. The minimum Gasteiger partial charge on any atom is -0.493 e. The number of benzene rings is 3. The summed E-state index contributed by atoms with van der Waals surface area (Å²) in [5.41, 5.74) is 4.47. The Labute approximate surface area is 215 Å². The van der Waals surface area contributed by atoms with Crippen LogP contribution in [-0.2, 0) is 4.79 Å². The standard InChI is InChI=1S/C26H21BrN4O5/c1-14(28-24(32)15-7-5-4-6-8-15)17-10-12-20(35-2)23(36-3)21(17)25(33)31-30-22-18-13-16(27)9-11-19(18)29-26(22)34/h4-13H,1H2,2-3H3,(H,28,32)(H,31,33)(H,29,30,34). The lowest BCUT2D eigenvalue weighted by molar-refractivity contribution is -0.110. The molecule has 10 heteroatoms. The minimum absolute atomic E-state index is 0.0208. The first kappa shape index (κ1) is 24.7. The number of carbonyl (C=O) groups excluding carboxylic acids is 3. The number of rotatable bonds is 7. The van der Waals surface area contributed by atoms with Gasteiger partial charge in [-0.15, -0.1) is 0 Å². The van der Waals surface area contributed by atoms with Crippen molar-refractivity contribution < 1.29 is 23.9 Å². The SMILES string of the molecule is C=C(NC(=O)c1ccccc1)c1ccc(OC)c(OC)c1C(=O)N/N=C1\C(=O)Nc2ccc(Br)cc21. The zero-order valence-corrected chi connectivity index (χ0v) is 20.9. The summed E-state index contributed by atoms with van der Waals surface area (Å²) in [5.74, 6) is -1.15. The number of amides is 3. The first-order valence-corrected chi connectivity index (χ1v) is 11.4. The highest BCUT2D eigenvalue weighted by atomic mass is 79.9. The number of halogens is 1. The summed E-state index contributed by atoms with van der Waals surface area (Å²) in [4.78, 5) is 38.5. The maximum Gasteiger partial charge on any atom is 0.276 e. The second-order valence-corrected chi connectivity index (χ2v) is 8.48. The lowest BCUT2D eigenvalue weighted by Crippen LogP contribution is -2.27. The van der Waals surface area contributed by atoms with Crippen molar-refractivity contribution in [1.82, 2.24) is 10.7 Å². The molecule has 4 rings (SSSR count). The van der Waals surface area contributed by atoms with Gasteiger partial charge >= 0.3 is 0 Å². The van der Waals surface area contributed by atoms with Gasteiger partial charge < -0.3 is 20.1 Å². The molecule has 0 radical (unpaired) electrons. The van der Waals surface area contributed by atoms with Crippen molar-refractivity contribution in [3.8, 4) is 11.5 Å². The molecule has 0 unspecified atom stereocenters. The van der Waals surface area contributed by atoms with Crippen molar-refractivity contribution >= 4 is 50.7 Å². The van der Waals surface area contributed by atoms with Gasteiger partial charge in [-0.05, 0) is 42.5 Å². The number of hydrogen-bond donors (Lipinski definition) is 3. The van der Waals surface area contributed by atoms with Crippen LogP contribution in [0.2, 0.25) is 0 Å². The highest BCUT2D eigenvalue weighted by Crippen LogP contribution is 2.35. The molecule has 3 N–H and O–H groups in total. The number of carbonyl (C=O) groups is 3. The molecule has 1 aliphatic rings. The van der Waals surface area contributed by atoms with Gasteiger partial charge in [0.05, 0.1) is 25.5 Å². The molecule has 9 nitrogen and oxygen atoms in total. The van der Waals surface area contributed by atoms with Crippen LogP contribution in [0.4, 0.5) is 5.69 Å². The van der Waals surface area contributed by atoms with Crippen molar-refractivity contribution in [2.24, 2.45) is 5.10 Å². The molecular formula is C26H21BrN4O5. The summed E-state index contributed by atoms with van der Waals surface area (Å²) in [6, 6.07) is 17.0. The molecule has 3 amide bonds. The predicted octanol–water partition coefficient (Wildman–Crippen LogP) is 3.95. The summed E-state index contributed by atoms with van der Waals surface area (Å²) in [5, 5.41) is 9.48. The molecule has 0 aliphatic carbocycles. The summed E-state index contributed by atoms with van der Waals surface area (Å²) in [7, 11) is 2.82. The molecule has 182 valence electrons. The molecule has 3 aromatic rings. The van der Waals surface area contributed by atoms with E-state index in [2.05, 4.69) is 43.7 Å². The van der Waals surface area contributed by atoms with E-state index in [9.17, 15) is 14.4 Å². The highest BCUT2D eigenvalue weighted by Gasteiger charge is 2.28. The van der Waals surface area contributed by atoms with E-state index < -0.39 is 17.7 Å². The Kier molecular flexibility index (Phi) is 7.16. The second kappa shape index (κ2) is 10.4. The third-order valence-electron chi connectivity index (χ3n) is 5.37. The van der Waals surface area contributed by atoms with E-state index in [0.29, 0.717) is 16.8 Å². The molecule has 0 bridgehead atoms. The average Bonchev–Trinajstić information content (AvgIpc) is 3.20. The molecule has 0 saturated heterocycles. The van der Waals surface area contributed by atoms with Crippen LogP contribution in [0.5, 0.6) is 11.5 Å². The largest absolute Gasteiger partial charge is 0.493 e. The second-order valence-electron chi connectivity index (χ2n) is 7.57. The predicted molar refractivity (Wildman–Crippen MR) is 139 cm³/mol. The third kappa shape index (κ3) is 4.84. The fourth-order valence-electron chi connectivity index (χ4n) is 3.67. The number of hydrogen-bond acceptors (Lipinski definition) is 6. The lowest BCUT2D eigenvalue weighted by atomic mass is 10.0. The summed E-state index contributed by atoms with van der Waals surface area (Å²) < 4.78 is 11.5. The number of ether oxygens (including phenoxy) is 2. The van der Waals surface area contributed by atoms with Crippen LogP contribution in [0, 0.1) is 0 Å². The van der Waals surface area contributed by atoms with Crippen LogP contribution in [0.3, 0.4) is 0 Å². The Morgan fingerprint density at radius 2 is 1.75 bits per heavy atom. The van der Waals surface area contributed by atoms with Gasteiger partial charge in [-0.25, -0.2) is 5.43 Å². The van der Waals surface area contributed by atoms with Crippen LogP contribution >= 0.6 is 15.9 Å².